The van der Waals surface area contributed by atoms with Crippen LogP contribution in [0.4, 0.5) is 0 Å². The van der Waals surface area contributed by atoms with Crippen molar-refractivity contribution in [3.63, 3.8) is 0 Å². The summed E-state index contributed by atoms with van der Waals surface area (Å²) >= 11 is 0. The minimum atomic E-state index is -2.44. The van der Waals surface area contributed by atoms with Crippen molar-refractivity contribution in [2.24, 2.45) is 0 Å². The van der Waals surface area contributed by atoms with Gasteiger partial charge in [-0.2, -0.15) is 0 Å². The van der Waals surface area contributed by atoms with Crippen molar-refractivity contribution in [1.29, 1.82) is 0 Å². The van der Waals surface area contributed by atoms with Crippen molar-refractivity contribution in [2.45, 2.75) is 30.7 Å². The van der Waals surface area contributed by atoms with Gasteiger partial charge < -0.3 is 95.5 Å². The minimum absolute atomic E-state index is 0.607. The number of carbonyl (C=O) groups is 3. The lowest BCUT2D eigenvalue weighted by Gasteiger charge is -2.41. The van der Waals surface area contributed by atoms with Crippen LogP contribution in [0.3, 0.4) is 0 Å². The highest BCUT2D eigenvalue weighted by Gasteiger charge is 2.50. The molecule has 0 bridgehead atoms. The highest BCUT2D eigenvalue weighted by molar-refractivity contribution is 5.99. The zero-order chi connectivity index (χ0) is 36.8. The highest BCUT2D eigenvalue weighted by Crippen LogP contribution is 2.52. The normalized spacial score (nSPS) is 20.3. The Morgan fingerprint density at radius 3 is 1.39 bits per heavy atom. The Balaban J connectivity index is 1.68. The van der Waals surface area contributed by atoms with E-state index in [4.69, 9.17) is 18.9 Å². The van der Waals surface area contributed by atoms with E-state index in [1.54, 1.807) is 0 Å². The fraction of sp³-hybridized carbons (Fsp3) is 0.222. The zero-order valence-electron chi connectivity index (χ0n) is 23.8. The monoisotopic (exact) mass is 700 g/mol. The first-order valence-electron chi connectivity index (χ1n) is 13.0. The molecule has 0 aromatic heterocycles. The number of hydrogen-bond acceptors (Lipinski definition) is 22. The molecule has 1 fully saturated rings. The molecule has 1 aliphatic rings. The van der Waals surface area contributed by atoms with E-state index in [0.29, 0.717) is 12.1 Å². The summed E-state index contributed by atoms with van der Waals surface area (Å²) in [5.74, 6) is -23.3. The third-order valence-corrected chi connectivity index (χ3v) is 6.94. The SMILES string of the molecule is O=C(O[C@@H]1O[C@H](COC(=O)c2c(O)c(O)c(O)c(O)c2O)[C@@H](OC(=O)c2c(O)c(O)c(O)c(O)c2O)[C@H](O)[C@H]1O)c1cc(O)c(O)c(O)c1. The van der Waals surface area contributed by atoms with Crippen LogP contribution < -0.4 is 0 Å². The first-order chi connectivity index (χ1) is 22.8. The summed E-state index contributed by atoms with van der Waals surface area (Å²) in [6, 6.07) is 1.21. The molecule has 0 amide bonds. The van der Waals surface area contributed by atoms with Crippen molar-refractivity contribution in [1.82, 2.24) is 0 Å². The number of phenolic OH excluding ortho intramolecular Hbond substituents is 13. The van der Waals surface area contributed by atoms with E-state index < -0.39 is 147 Å². The largest absolute Gasteiger partial charge is 0.504 e. The molecule has 22 nitrogen and oxygen atoms in total. The number of hydrogen-bond donors (Lipinski definition) is 15. The van der Waals surface area contributed by atoms with E-state index >= 15 is 0 Å². The van der Waals surface area contributed by atoms with Gasteiger partial charge in [0.25, 0.3) is 0 Å². The molecule has 1 heterocycles. The van der Waals surface area contributed by atoms with E-state index in [0.717, 1.165) is 0 Å². The molecule has 0 radical (unpaired) electrons. The average molecular weight is 700 g/mol. The van der Waals surface area contributed by atoms with Crippen LogP contribution in [0.5, 0.6) is 74.7 Å². The van der Waals surface area contributed by atoms with Crippen LogP contribution in [0.2, 0.25) is 0 Å². The van der Waals surface area contributed by atoms with Gasteiger partial charge in [0, 0.05) is 0 Å². The number of ether oxygens (including phenoxy) is 4. The number of esters is 3. The lowest BCUT2D eigenvalue weighted by molar-refractivity contribution is -0.284. The predicted molar refractivity (Wildman–Crippen MR) is 147 cm³/mol. The average Bonchev–Trinajstić information content (AvgIpc) is 3.05. The number of aliphatic hydroxyl groups is 2. The molecule has 0 spiro atoms. The Bertz CT molecular complexity index is 1770. The van der Waals surface area contributed by atoms with Crippen LogP contribution in [0.15, 0.2) is 12.1 Å². The first-order valence-corrected chi connectivity index (χ1v) is 13.0. The van der Waals surface area contributed by atoms with Crippen LogP contribution in [0, 0.1) is 0 Å². The van der Waals surface area contributed by atoms with Gasteiger partial charge in [0.1, 0.15) is 24.9 Å². The molecule has 5 atom stereocenters. The second kappa shape index (κ2) is 12.9. The van der Waals surface area contributed by atoms with Crippen molar-refractivity contribution in [3.05, 3.63) is 28.8 Å². The third kappa shape index (κ3) is 6.11. The number of aliphatic hydroxyl groups excluding tert-OH is 2. The molecule has 0 unspecified atom stereocenters. The van der Waals surface area contributed by atoms with Gasteiger partial charge in [-0.3, -0.25) is 0 Å². The van der Waals surface area contributed by atoms with Crippen LogP contribution in [0.25, 0.3) is 0 Å². The molecule has 3 aromatic rings. The van der Waals surface area contributed by atoms with Gasteiger partial charge in [-0.05, 0) is 12.1 Å². The Morgan fingerprint density at radius 2 is 0.939 bits per heavy atom. The second-order valence-electron chi connectivity index (χ2n) is 10.00. The van der Waals surface area contributed by atoms with Crippen LogP contribution in [0.1, 0.15) is 31.1 Å². The molecule has 0 aliphatic carbocycles. The van der Waals surface area contributed by atoms with Crippen LogP contribution in [-0.2, 0) is 18.9 Å². The van der Waals surface area contributed by atoms with Crippen molar-refractivity contribution in [3.8, 4) is 74.7 Å². The van der Waals surface area contributed by atoms with Crippen LogP contribution in [-0.4, -0.2) is 132 Å². The summed E-state index contributed by atoms with van der Waals surface area (Å²) in [5, 5.41) is 149. The molecule has 264 valence electrons. The van der Waals surface area contributed by atoms with Gasteiger partial charge in [0.15, 0.2) is 57.5 Å². The smallest absolute Gasteiger partial charge is 0.346 e. The molecule has 0 saturated carbocycles. The summed E-state index contributed by atoms with van der Waals surface area (Å²) in [5.41, 5.74) is -3.43. The van der Waals surface area contributed by atoms with Crippen molar-refractivity contribution in [2.75, 3.05) is 6.61 Å². The van der Waals surface area contributed by atoms with E-state index in [1.165, 1.54) is 0 Å². The molecule has 49 heavy (non-hydrogen) atoms. The topological polar surface area (TPSA) is 392 Å². The molecule has 4 rings (SSSR count). The van der Waals surface area contributed by atoms with E-state index in [9.17, 15) is 91.0 Å². The quantitative estimate of drug-likeness (QED) is 0.0579. The standard InChI is InChI=1S/C27H24O22/c28-5-1-4(2-6(29)10(5)30)24(43)49-27-22(42)21(41)23(48-26(45)9-13(33)17(37)20(40)18(38)14(9)34)7(47-27)3-46-25(44)8-11(31)15(35)19(39)16(36)12(8)32/h1-2,7,21-23,27-42H,3H2/t7-,21-,22-,23-,27+/m1/s1. The Kier molecular flexibility index (Phi) is 9.24. The molecule has 22 heteroatoms. The maximum atomic E-state index is 13.0. The summed E-state index contributed by atoms with van der Waals surface area (Å²) in [7, 11) is 0. The van der Waals surface area contributed by atoms with E-state index in [2.05, 4.69) is 0 Å². The third-order valence-electron chi connectivity index (χ3n) is 6.94. The Labute approximate surface area is 269 Å². The lowest BCUT2D eigenvalue weighted by atomic mass is 9.98. The number of rotatable bonds is 7. The van der Waals surface area contributed by atoms with Gasteiger partial charge in [-0.15, -0.1) is 0 Å². The maximum absolute atomic E-state index is 13.0. The van der Waals surface area contributed by atoms with Gasteiger partial charge in [-0.25, -0.2) is 14.4 Å². The molecule has 1 aliphatic heterocycles. The number of carbonyl (C=O) groups excluding carboxylic acids is 3. The fourth-order valence-corrected chi connectivity index (χ4v) is 4.35. The number of aromatic hydroxyl groups is 13. The summed E-state index contributed by atoms with van der Waals surface area (Å²) in [6.45, 7) is -1.29. The van der Waals surface area contributed by atoms with E-state index in [-0.39, 0.29) is 0 Å². The fourth-order valence-electron chi connectivity index (χ4n) is 4.35. The minimum Gasteiger partial charge on any atom is -0.504 e. The Morgan fingerprint density at radius 1 is 0.531 bits per heavy atom. The van der Waals surface area contributed by atoms with Crippen molar-refractivity contribution >= 4 is 17.9 Å². The summed E-state index contributed by atoms with van der Waals surface area (Å²) < 4.78 is 20.1. The molecule has 15 N–H and O–H groups in total. The van der Waals surface area contributed by atoms with Gasteiger partial charge in [-0.1, -0.05) is 0 Å². The molecular formula is C27H24O22. The van der Waals surface area contributed by atoms with Gasteiger partial charge in [0.2, 0.25) is 40.8 Å². The summed E-state index contributed by atoms with van der Waals surface area (Å²) in [6.07, 6.45) is -11.5. The maximum Gasteiger partial charge on any atom is 0.346 e. The lowest BCUT2D eigenvalue weighted by Crippen LogP contribution is -2.61. The summed E-state index contributed by atoms with van der Waals surface area (Å²) in [4.78, 5) is 38.4. The molecular weight excluding hydrogens is 676 g/mol. The number of phenols is 13. The van der Waals surface area contributed by atoms with Crippen molar-refractivity contribution < 1.29 is 110 Å². The van der Waals surface area contributed by atoms with Gasteiger partial charge in [0.05, 0.1) is 5.56 Å². The second-order valence-corrected chi connectivity index (χ2v) is 10.00. The predicted octanol–water partition coefficient (Wildman–Crippen LogP) is -1.45. The molecule has 3 aromatic carbocycles. The molecule has 1 saturated heterocycles. The highest BCUT2D eigenvalue weighted by atomic mass is 16.7. The van der Waals surface area contributed by atoms with E-state index in [1.807, 2.05) is 0 Å². The van der Waals surface area contributed by atoms with Crippen LogP contribution >= 0.6 is 0 Å². The zero-order valence-corrected chi connectivity index (χ0v) is 23.8. The first kappa shape index (κ1) is 35.2. The number of benzene rings is 3. The Hall–Kier alpha value is -6.65. The van der Waals surface area contributed by atoms with Gasteiger partial charge >= 0.3 is 17.9 Å².